The molecule has 27 heavy (non-hydrogen) atoms. The van der Waals surface area contributed by atoms with Crippen LogP contribution in [0.1, 0.15) is 50.9 Å². The third-order valence-corrected chi connectivity index (χ3v) is 5.03. The Kier molecular flexibility index (Phi) is 4.59. The zero-order valence-electron chi connectivity index (χ0n) is 15.5. The zero-order valence-corrected chi connectivity index (χ0v) is 15.5. The monoisotopic (exact) mass is 362 g/mol. The van der Waals surface area contributed by atoms with Crippen LogP contribution in [-0.2, 0) is 0 Å². The molecule has 1 aromatic carbocycles. The molecule has 1 heterocycles. The predicted molar refractivity (Wildman–Crippen MR) is 102 cm³/mol. The summed E-state index contributed by atoms with van der Waals surface area (Å²) in [6.07, 6.45) is 7.06. The molecule has 5 heteroatoms. The third kappa shape index (κ3) is 3.29. The minimum absolute atomic E-state index is 0.00115. The number of rotatable bonds is 4. The lowest BCUT2D eigenvalue weighted by Crippen LogP contribution is -2.06. The summed E-state index contributed by atoms with van der Waals surface area (Å²) in [5, 5.41) is 19.6. The molecule has 1 aromatic heterocycles. The van der Waals surface area contributed by atoms with Gasteiger partial charge in [0.1, 0.15) is 11.8 Å². The minimum atomic E-state index is -0.321. The first-order valence-electron chi connectivity index (χ1n) is 9.34. The average molecular weight is 362 g/mol. The second-order valence-electron chi connectivity index (χ2n) is 7.23. The number of hydrogen-bond acceptors (Lipinski definition) is 5. The van der Waals surface area contributed by atoms with Gasteiger partial charge in [-0.15, -0.1) is 0 Å². The number of allylic oxidation sites excluding steroid dienone is 3. The molecule has 0 bridgehead atoms. The Hall–Kier alpha value is -2.84. The Bertz CT molecular complexity index is 976. The molecule has 0 fully saturated rings. The van der Waals surface area contributed by atoms with Gasteiger partial charge in [0.15, 0.2) is 5.76 Å². The number of aliphatic hydroxyl groups is 1. The fourth-order valence-corrected chi connectivity index (χ4v) is 3.83. The van der Waals surface area contributed by atoms with Crippen molar-refractivity contribution in [3.8, 4) is 23.3 Å². The summed E-state index contributed by atoms with van der Waals surface area (Å²) in [7, 11) is 0. The Morgan fingerprint density at radius 2 is 2.19 bits per heavy atom. The summed E-state index contributed by atoms with van der Waals surface area (Å²) in [4.78, 5) is 4.42. The highest BCUT2D eigenvalue weighted by Crippen LogP contribution is 2.42. The summed E-state index contributed by atoms with van der Waals surface area (Å²) in [6.45, 7) is 3.85. The summed E-state index contributed by atoms with van der Waals surface area (Å²) in [5.41, 5.74) is 4.60. The molecular formula is C22H22N2O3. The number of nitrogens with zero attached hydrogens (tertiary/aromatic N) is 2. The quantitative estimate of drug-likeness (QED) is 0.858. The van der Waals surface area contributed by atoms with Crippen LogP contribution in [0.5, 0.6) is 5.75 Å². The van der Waals surface area contributed by atoms with Gasteiger partial charge in [-0.2, -0.15) is 5.26 Å². The SMILES string of the molecule is CC(C)Oc1ccc(-c2ncc(C3=CCCC4=C3CCC4O)o2)cc1C#N. The molecule has 2 aliphatic carbocycles. The highest BCUT2D eigenvalue weighted by molar-refractivity contribution is 5.79. The zero-order chi connectivity index (χ0) is 19.0. The number of ether oxygens (including phenoxy) is 1. The number of aliphatic hydroxyl groups excluding tert-OH is 1. The molecule has 0 radical (unpaired) electrons. The Labute approximate surface area is 158 Å². The highest BCUT2D eigenvalue weighted by atomic mass is 16.5. The smallest absolute Gasteiger partial charge is 0.226 e. The molecular weight excluding hydrogens is 340 g/mol. The van der Waals surface area contributed by atoms with Crippen LogP contribution in [0, 0.1) is 11.3 Å². The Balaban J connectivity index is 1.65. The van der Waals surface area contributed by atoms with Crippen molar-refractivity contribution in [3.05, 3.63) is 52.9 Å². The van der Waals surface area contributed by atoms with E-state index in [1.807, 2.05) is 19.9 Å². The molecule has 1 unspecified atom stereocenters. The predicted octanol–water partition coefficient (Wildman–Crippen LogP) is 4.63. The molecule has 0 saturated carbocycles. The first kappa shape index (κ1) is 17.6. The van der Waals surface area contributed by atoms with E-state index in [1.54, 1.807) is 18.3 Å². The van der Waals surface area contributed by atoms with E-state index in [9.17, 15) is 10.4 Å². The van der Waals surface area contributed by atoms with Gasteiger partial charge in [-0.3, -0.25) is 0 Å². The minimum Gasteiger partial charge on any atom is -0.490 e. The van der Waals surface area contributed by atoms with Crippen molar-refractivity contribution >= 4 is 5.57 Å². The molecule has 0 saturated heterocycles. The van der Waals surface area contributed by atoms with Crippen molar-refractivity contribution in [2.75, 3.05) is 0 Å². The number of aromatic nitrogens is 1. The molecule has 0 spiro atoms. The maximum Gasteiger partial charge on any atom is 0.226 e. The Morgan fingerprint density at radius 1 is 1.33 bits per heavy atom. The number of benzene rings is 1. The van der Waals surface area contributed by atoms with Gasteiger partial charge in [0.05, 0.1) is 24.0 Å². The number of nitriles is 1. The molecule has 138 valence electrons. The molecule has 0 amide bonds. The van der Waals surface area contributed by atoms with E-state index < -0.39 is 0 Å². The molecule has 5 nitrogen and oxygen atoms in total. The fourth-order valence-electron chi connectivity index (χ4n) is 3.83. The summed E-state index contributed by atoms with van der Waals surface area (Å²) in [5.74, 6) is 1.75. The number of oxazole rings is 1. The number of hydrogen-bond donors (Lipinski definition) is 1. The van der Waals surface area contributed by atoms with Gasteiger partial charge < -0.3 is 14.3 Å². The first-order valence-corrected chi connectivity index (χ1v) is 9.34. The van der Waals surface area contributed by atoms with Crippen LogP contribution >= 0.6 is 0 Å². The van der Waals surface area contributed by atoms with Crippen LogP contribution in [0.25, 0.3) is 17.0 Å². The molecule has 4 rings (SSSR count). The average Bonchev–Trinajstić information content (AvgIpc) is 3.29. The van der Waals surface area contributed by atoms with E-state index in [2.05, 4.69) is 17.1 Å². The maximum atomic E-state index is 10.1. The maximum absolute atomic E-state index is 10.1. The first-order chi connectivity index (χ1) is 13.1. The second kappa shape index (κ2) is 7.05. The molecule has 2 aromatic rings. The van der Waals surface area contributed by atoms with Crippen molar-refractivity contribution in [3.63, 3.8) is 0 Å². The van der Waals surface area contributed by atoms with E-state index >= 15 is 0 Å². The van der Waals surface area contributed by atoms with Gasteiger partial charge in [-0.25, -0.2) is 4.98 Å². The topological polar surface area (TPSA) is 79.3 Å². The van der Waals surface area contributed by atoms with Crippen molar-refractivity contribution in [2.45, 2.75) is 51.7 Å². The van der Waals surface area contributed by atoms with E-state index in [1.165, 1.54) is 5.57 Å². The summed E-state index contributed by atoms with van der Waals surface area (Å²) < 4.78 is 11.7. The Morgan fingerprint density at radius 3 is 2.96 bits per heavy atom. The summed E-state index contributed by atoms with van der Waals surface area (Å²) in [6, 6.07) is 7.56. The third-order valence-electron chi connectivity index (χ3n) is 5.03. The second-order valence-corrected chi connectivity index (χ2v) is 7.23. The van der Waals surface area contributed by atoms with Crippen molar-refractivity contribution in [2.24, 2.45) is 0 Å². The molecule has 1 N–H and O–H groups in total. The summed E-state index contributed by atoms with van der Waals surface area (Å²) >= 11 is 0. The van der Waals surface area contributed by atoms with E-state index in [-0.39, 0.29) is 12.2 Å². The largest absolute Gasteiger partial charge is 0.490 e. The van der Waals surface area contributed by atoms with Gasteiger partial charge in [0.25, 0.3) is 0 Å². The van der Waals surface area contributed by atoms with Crippen LogP contribution in [0.15, 0.2) is 46.0 Å². The molecule has 2 aliphatic rings. The highest BCUT2D eigenvalue weighted by Gasteiger charge is 2.29. The van der Waals surface area contributed by atoms with E-state index in [0.29, 0.717) is 23.0 Å². The van der Waals surface area contributed by atoms with E-state index in [4.69, 9.17) is 9.15 Å². The van der Waals surface area contributed by atoms with Gasteiger partial charge in [0, 0.05) is 11.1 Å². The van der Waals surface area contributed by atoms with Gasteiger partial charge in [-0.1, -0.05) is 6.08 Å². The van der Waals surface area contributed by atoms with Crippen molar-refractivity contribution < 1.29 is 14.3 Å². The lowest BCUT2D eigenvalue weighted by molar-refractivity contribution is 0.208. The van der Waals surface area contributed by atoms with Gasteiger partial charge in [0.2, 0.25) is 5.89 Å². The van der Waals surface area contributed by atoms with Crippen LogP contribution in [0.3, 0.4) is 0 Å². The normalized spacial score (nSPS) is 19.1. The van der Waals surface area contributed by atoms with Crippen LogP contribution < -0.4 is 4.74 Å². The van der Waals surface area contributed by atoms with Gasteiger partial charge >= 0.3 is 0 Å². The van der Waals surface area contributed by atoms with Crippen LogP contribution in [-0.4, -0.2) is 22.3 Å². The van der Waals surface area contributed by atoms with E-state index in [0.717, 1.165) is 42.4 Å². The van der Waals surface area contributed by atoms with Crippen LogP contribution in [0.4, 0.5) is 0 Å². The molecule has 1 atom stereocenters. The van der Waals surface area contributed by atoms with Crippen molar-refractivity contribution in [1.29, 1.82) is 5.26 Å². The molecule has 0 aliphatic heterocycles. The van der Waals surface area contributed by atoms with Crippen molar-refractivity contribution in [1.82, 2.24) is 4.98 Å². The van der Waals surface area contributed by atoms with Gasteiger partial charge in [-0.05, 0) is 68.9 Å². The lowest BCUT2D eigenvalue weighted by atomic mass is 9.91. The standard InChI is InChI=1S/C22H22N2O3/c1-13(2)26-20-9-6-14(10-15(20)11-23)22-24-12-21(27-22)18-5-3-4-17-16(18)7-8-19(17)25/h5-6,9-10,12-13,19,25H,3-4,7-8H2,1-2H3. The lowest BCUT2D eigenvalue weighted by Gasteiger charge is -2.16. The fraction of sp³-hybridized carbons (Fsp3) is 0.364. The van der Waals surface area contributed by atoms with Crippen LogP contribution in [0.2, 0.25) is 0 Å².